The molecular formula is C13H16N2O3S. The minimum absolute atomic E-state index is 0.0523. The van der Waals surface area contributed by atoms with Crippen molar-refractivity contribution in [3.63, 3.8) is 0 Å². The number of likely N-dealkylation sites (tertiary alicyclic amines) is 1. The summed E-state index contributed by atoms with van der Waals surface area (Å²) in [7, 11) is 1.32. The molecule has 0 bridgehead atoms. The first kappa shape index (κ1) is 13.7. The van der Waals surface area contributed by atoms with E-state index < -0.39 is 6.09 Å². The highest BCUT2D eigenvalue weighted by Crippen LogP contribution is 2.18. The molecule has 5 nitrogen and oxygen atoms in total. The van der Waals surface area contributed by atoms with E-state index in [9.17, 15) is 9.59 Å². The Balaban J connectivity index is 1.99. The summed E-state index contributed by atoms with van der Waals surface area (Å²) in [6, 6.07) is 7.14. The van der Waals surface area contributed by atoms with Gasteiger partial charge in [0, 0.05) is 18.0 Å². The van der Waals surface area contributed by atoms with Crippen LogP contribution in [-0.2, 0) is 4.74 Å². The average Bonchev–Trinajstić information content (AvgIpc) is 2.87. The van der Waals surface area contributed by atoms with Gasteiger partial charge in [0.15, 0.2) is 0 Å². The summed E-state index contributed by atoms with van der Waals surface area (Å²) in [5.74, 6) is -0.0558. The third-order valence-electron chi connectivity index (χ3n) is 3.12. The minimum atomic E-state index is -0.464. The summed E-state index contributed by atoms with van der Waals surface area (Å²) in [6.07, 6.45) is 0.268. The number of ether oxygens (including phenoxy) is 1. The van der Waals surface area contributed by atoms with Crippen molar-refractivity contribution in [2.45, 2.75) is 17.4 Å². The Labute approximate surface area is 117 Å². The standard InChI is InChI=1S/C13H16N2O3S/c1-18-13(17)14-9-6-7-15(8-9)12(16)10-4-2-3-5-11(10)19/h2-5,9,19H,6-8H2,1H3,(H,14,17). The van der Waals surface area contributed by atoms with Crippen molar-refractivity contribution >= 4 is 24.6 Å². The third kappa shape index (κ3) is 3.20. The first-order valence-corrected chi connectivity index (χ1v) is 6.48. The Bertz CT molecular complexity index is 493. The van der Waals surface area contributed by atoms with Crippen molar-refractivity contribution in [3.8, 4) is 0 Å². The predicted octanol–water partition coefficient (Wildman–Crippen LogP) is 1.55. The number of hydrogen-bond donors (Lipinski definition) is 2. The number of carbonyl (C=O) groups is 2. The number of amides is 2. The molecule has 102 valence electrons. The van der Waals surface area contributed by atoms with Crippen LogP contribution in [0.4, 0.5) is 4.79 Å². The smallest absolute Gasteiger partial charge is 0.407 e. The van der Waals surface area contributed by atoms with Gasteiger partial charge in [-0.05, 0) is 18.6 Å². The molecule has 0 aromatic heterocycles. The van der Waals surface area contributed by atoms with Gasteiger partial charge in [0.25, 0.3) is 5.91 Å². The van der Waals surface area contributed by atoms with Gasteiger partial charge in [0.2, 0.25) is 0 Å². The summed E-state index contributed by atoms with van der Waals surface area (Å²) in [5.41, 5.74) is 0.588. The van der Waals surface area contributed by atoms with Crippen LogP contribution in [0, 0.1) is 0 Å². The van der Waals surface area contributed by atoms with Crippen molar-refractivity contribution in [2.24, 2.45) is 0 Å². The highest BCUT2D eigenvalue weighted by molar-refractivity contribution is 7.80. The van der Waals surface area contributed by atoms with Crippen LogP contribution >= 0.6 is 12.6 Å². The Morgan fingerprint density at radius 3 is 2.84 bits per heavy atom. The Morgan fingerprint density at radius 2 is 2.16 bits per heavy atom. The molecule has 19 heavy (non-hydrogen) atoms. The Kier molecular flexibility index (Phi) is 4.31. The van der Waals surface area contributed by atoms with Crippen molar-refractivity contribution < 1.29 is 14.3 Å². The van der Waals surface area contributed by atoms with Crippen LogP contribution in [0.2, 0.25) is 0 Å². The van der Waals surface area contributed by atoms with E-state index in [4.69, 9.17) is 0 Å². The second-order valence-corrected chi connectivity index (χ2v) is 4.87. The number of carbonyl (C=O) groups excluding carboxylic acids is 2. The Hall–Kier alpha value is -1.69. The maximum atomic E-state index is 12.3. The second-order valence-electron chi connectivity index (χ2n) is 4.39. The monoisotopic (exact) mass is 280 g/mol. The van der Waals surface area contributed by atoms with Crippen LogP contribution in [-0.4, -0.2) is 43.1 Å². The molecule has 1 fully saturated rings. The number of nitrogens with one attached hydrogen (secondary N) is 1. The van der Waals surface area contributed by atoms with E-state index in [0.29, 0.717) is 23.5 Å². The van der Waals surface area contributed by atoms with Gasteiger partial charge in [0.05, 0.1) is 18.7 Å². The second kappa shape index (κ2) is 5.97. The van der Waals surface area contributed by atoms with Crippen LogP contribution in [0.25, 0.3) is 0 Å². The van der Waals surface area contributed by atoms with E-state index in [1.165, 1.54) is 7.11 Å². The van der Waals surface area contributed by atoms with Crippen molar-refractivity contribution in [1.29, 1.82) is 0 Å². The van der Waals surface area contributed by atoms with Gasteiger partial charge in [0.1, 0.15) is 0 Å². The van der Waals surface area contributed by atoms with Gasteiger partial charge in [-0.15, -0.1) is 12.6 Å². The quantitative estimate of drug-likeness (QED) is 0.808. The fraction of sp³-hybridized carbons (Fsp3) is 0.385. The summed E-state index contributed by atoms with van der Waals surface area (Å²) >= 11 is 4.29. The molecule has 1 aromatic carbocycles. The Morgan fingerprint density at radius 1 is 1.42 bits per heavy atom. The van der Waals surface area contributed by atoms with E-state index in [-0.39, 0.29) is 11.9 Å². The molecule has 6 heteroatoms. The van der Waals surface area contributed by atoms with Gasteiger partial charge in [-0.1, -0.05) is 12.1 Å². The lowest BCUT2D eigenvalue weighted by Crippen LogP contribution is -2.38. The maximum Gasteiger partial charge on any atom is 0.407 e. The molecule has 1 aliphatic heterocycles. The molecule has 1 aromatic rings. The SMILES string of the molecule is COC(=O)NC1CCN(C(=O)c2ccccc2S)C1. The molecule has 1 saturated heterocycles. The molecule has 0 radical (unpaired) electrons. The van der Waals surface area contributed by atoms with Crippen LogP contribution in [0.3, 0.4) is 0 Å². The lowest BCUT2D eigenvalue weighted by Gasteiger charge is -2.17. The first-order chi connectivity index (χ1) is 9.11. The molecule has 2 rings (SSSR count). The summed E-state index contributed by atoms with van der Waals surface area (Å²) in [4.78, 5) is 25.8. The van der Waals surface area contributed by atoms with E-state index in [1.54, 1.807) is 17.0 Å². The number of thiol groups is 1. The summed E-state index contributed by atoms with van der Waals surface area (Å²) in [6.45, 7) is 1.12. The highest BCUT2D eigenvalue weighted by Gasteiger charge is 2.28. The summed E-state index contributed by atoms with van der Waals surface area (Å²) in [5, 5.41) is 2.71. The van der Waals surface area contributed by atoms with Gasteiger partial charge >= 0.3 is 6.09 Å². The van der Waals surface area contributed by atoms with Crippen LogP contribution in [0.5, 0.6) is 0 Å². The number of benzene rings is 1. The number of hydrogen-bond acceptors (Lipinski definition) is 4. The molecular weight excluding hydrogens is 264 g/mol. The number of alkyl carbamates (subject to hydrolysis) is 1. The minimum Gasteiger partial charge on any atom is -0.453 e. The van der Waals surface area contributed by atoms with Crippen LogP contribution in [0.1, 0.15) is 16.8 Å². The highest BCUT2D eigenvalue weighted by atomic mass is 32.1. The molecule has 1 unspecified atom stereocenters. The fourth-order valence-corrected chi connectivity index (χ4v) is 2.37. The van der Waals surface area contributed by atoms with Gasteiger partial charge < -0.3 is 15.0 Å². The van der Waals surface area contributed by atoms with E-state index in [2.05, 4.69) is 22.7 Å². The molecule has 1 atom stereocenters. The topological polar surface area (TPSA) is 58.6 Å². The number of methoxy groups -OCH3 is 1. The predicted molar refractivity (Wildman–Crippen MR) is 73.5 cm³/mol. The first-order valence-electron chi connectivity index (χ1n) is 6.03. The van der Waals surface area contributed by atoms with E-state index in [0.717, 1.165) is 6.42 Å². The van der Waals surface area contributed by atoms with Gasteiger partial charge in [-0.3, -0.25) is 4.79 Å². The number of nitrogens with zero attached hydrogens (tertiary/aromatic N) is 1. The largest absolute Gasteiger partial charge is 0.453 e. The number of rotatable bonds is 2. The van der Waals surface area contributed by atoms with E-state index in [1.807, 2.05) is 12.1 Å². The molecule has 0 spiro atoms. The fourth-order valence-electron chi connectivity index (χ4n) is 2.11. The van der Waals surface area contributed by atoms with Crippen LogP contribution in [0.15, 0.2) is 29.2 Å². The molecule has 1 N–H and O–H groups in total. The zero-order chi connectivity index (χ0) is 13.8. The molecule has 0 aliphatic carbocycles. The van der Waals surface area contributed by atoms with Crippen molar-refractivity contribution in [3.05, 3.63) is 29.8 Å². The lowest BCUT2D eigenvalue weighted by molar-refractivity contribution is 0.0784. The van der Waals surface area contributed by atoms with Gasteiger partial charge in [-0.25, -0.2) is 4.79 Å². The zero-order valence-corrected chi connectivity index (χ0v) is 11.5. The third-order valence-corrected chi connectivity index (χ3v) is 3.51. The average molecular weight is 280 g/mol. The molecule has 2 amide bonds. The van der Waals surface area contributed by atoms with Gasteiger partial charge in [-0.2, -0.15) is 0 Å². The van der Waals surface area contributed by atoms with E-state index >= 15 is 0 Å². The lowest BCUT2D eigenvalue weighted by atomic mass is 10.2. The summed E-state index contributed by atoms with van der Waals surface area (Å²) < 4.78 is 4.55. The van der Waals surface area contributed by atoms with Crippen molar-refractivity contribution in [2.75, 3.05) is 20.2 Å². The molecule has 0 saturated carbocycles. The van der Waals surface area contributed by atoms with Crippen molar-refractivity contribution in [1.82, 2.24) is 10.2 Å². The zero-order valence-electron chi connectivity index (χ0n) is 10.6. The molecule has 1 heterocycles. The molecule has 1 aliphatic rings. The van der Waals surface area contributed by atoms with Crippen LogP contribution < -0.4 is 5.32 Å². The normalized spacial score (nSPS) is 18.2. The maximum absolute atomic E-state index is 12.3.